The summed E-state index contributed by atoms with van der Waals surface area (Å²) in [4.78, 5) is 30.0. The van der Waals surface area contributed by atoms with Crippen molar-refractivity contribution in [3.05, 3.63) is 31.0 Å². The molecule has 1 atom stereocenters. The highest BCUT2D eigenvalue weighted by Gasteiger charge is 2.27. The zero-order valence-corrected chi connectivity index (χ0v) is 18.6. The Kier molecular flexibility index (Phi) is 6.66. The third-order valence-electron chi connectivity index (χ3n) is 5.97. The van der Waals surface area contributed by atoms with E-state index in [2.05, 4.69) is 31.0 Å². The van der Waals surface area contributed by atoms with Crippen molar-refractivity contribution in [2.24, 2.45) is 0 Å². The van der Waals surface area contributed by atoms with E-state index in [4.69, 9.17) is 5.26 Å². The third-order valence-corrected chi connectivity index (χ3v) is 5.97. The summed E-state index contributed by atoms with van der Waals surface area (Å²) in [7, 11) is 3.57. The van der Waals surface area contributed by atoms with Gasteiger partial charge in [-0.15, -0.1) is 0 Å². The average molecular weight is 436 g/mol. The Labute approximate surface area is 187 Å². The molecule has 0 spiro atoms. The molecule has 3 aromatic rings. The number of hydrogen-bond donors (Lipinski definition) is 1. The first-order chi connectivity index (χ1) is 15.6. The van der Waals surface area contributed by atoms with Crippen LogP contribution in [0.2, 0.25) is 0 Å². The molecule has 1 N–H and O–H groups in total. The zero-order valence-electron chi connectivity index (χ0n) is 18.6. The van der Waals surface area contributed by atoms with Crippen LogP contribution in [-0.2, 0) is 6.54 Å². The van der Waals surface area contributed by atoms with Crippen LogP contribution in [-0.4, -0.2) is 91.8 Å². The fourth-order valence-electron chi connectivity index (χ4n) is 4.27. The molecule has 10 heteroatoms. The summed E-state index contributed by atoms with van der Waals surface area (Å²) in [5, 5.41) is 14.5. The van der Waals surface area contributed by atoms with Crippen LogP contribution in [0.25, 0.3) is 22.3 Å². The quantitative estimate of drug-likeness (QED) is 0.570. The molecule has 0 radical (unpaired) electrons. The number of nitrogens with zero attached hydrogens (tertiary/aromatic N) is 8. The lowest BCUT2D eigenvalue weighted by Crippen LogP contribution is -2.54. The van der Waals surface area contributed by atoms with Gasteiger partial charge >= 0.3 is 6.03 Å². The first-order valence-corrected chi connectivity index (χ1v) is 10.9. The molecule has 0 bridgehead atoms. The van der Waals surface area contributed by atoms with Gasteiger partial charge in [0.25, 0.3) is 0 Å². The van der Waals surface area contributed by atoms with E-state index in [0.29, 0.717) is 19.5 Å². The normalized spacial score (nSPS) is 15.6. The van der Waals surface area contributed by atoms with Gasteiger partial charge < -0.3 is 14.8 Å². The Morgan fingerprint density at radius 3 is 2.84 bits per heavy atom. The molecule has 0 saturated carbocycles. The zero-order chi connectivity index (χ0) is 22.5. The van der Waals surface area contributed by atoms with Gasteiger partial charge in [0.1, 0.15) is 12.0 Å². The molecular formula is C22H29N9O. The minimum atomic E-state index is 0.0586. The Morgan fingerprint density at radius 2 is 2.09 bits per heavy atom. The monoisotopic (exact) mass is 435 g/mol. The molecule has 10 nitrogen and oxygen atoms in total. The number of aromatic amines is 1. The van der Waals surface area contributed by atoms with Crippen LogP contribution in [0.15, 0.2) is 31.0 Å². The molecule has 0 unspecified atom stereocenters. The van der Waals surface area contributed by atoms with Crippen molar-refractivity contribution < 1.29 is 4.79 Å². The van der Waals surface area contributed by atoms with Crippen LogP contribution in [0.4, 0.5) is 4.79 Å². The largest absolute Gasteiger partial charge is 0.346 e. The average Bonchev–Trinajstić information content (AvgIpc) is 3.47. The number of carbonyl (C=O) groups is 1. The highest BCUT2D eigenvalue weighted by molar-refractivity contribution is 5.89. The predicted molar refractivity (Wildman–Crippen MR) is 121 cm³/mol. The molecule has 1 saturated heterocycles. The first-order valence-electron chi connectivity index (χ1n) is 10.9. The molecule has 1 aliphatic rings. The van der Waals surface area contributed by atoms with Crippen LogP contribution >= 0.6 is 0 Å². The maximum atomic E-state index is 12.3. The van der Waals surface area contributed by atoms with E-state index in [0.717, 1.165) is 54.8 Å². The number of piperazine rings is 1. The van der Waals surface area contributed by atoms with E-state index in [-0.39, 0.29) is 12.1 Å². The summed E-state index contributed by atoms with van der Waals surface area (Å²) in [6.07, 6.45) is 9.60. The van der Waals surface area contributed by atoms with Crippen LogP contribution in [0, 0.1) is 11.3 Å². The van der Waals surface area contributed by atoms with Gasteiger partial charge in [-0.25, -0.2) is 14.8 Å². The Hall–Kier alpha value is -3.45. The first kappa shape index (κ1) is 21.8. The minimum Gasteiger partial charge on any atom is -0.346 e. The number of nitriles is 1. The van der Waals surface area contributed by atoms with E-state index in [9.17, 15) is 4.79 Å². The molecule has 4 rings (SSSR count). The fourth-order valence-corrected chi connectivity index (χ4v) is 4.27. The van der Waals surface area contributed by atoms with Crippen LogP contribution in [0.5, 0.6) is 0 Å². The van der Waals surface area contributed by atoms with Crippen molar-refractivity contribution in [3.8, 4) is 17.3 Å². The van der Waals surface area contributed by atoms with Gasteiger partial charge in [0.15, 0.2) is 0 Å². The van der Waals surface area contributed by atoms with Crippen molar-refractivity contribution in [3.63, 3.8) is 0 Å². The lowest BCUT2D eigenvalue weighted by molar-refractivity contribution is 0.0855. The topological polar surface area (TPSA) is 110 Å². The molecule has 32 heavy (non-hydrogen) atoms. The summed E-state index contributed by atoms with van der Waals surface area (Å²) in [5.41, 5.74) is 2.62. The molecular weight excluding hydrogens is 406 g/mol. The second-order valence-corrected chi connectivity index (χ2v) is 8.32. The number of carbonyl (C=O) groups excluding carboxylic acids is 1. The van der Waals surface area contributed by atoms with E-state index in [1.165, 1.54) is 0 Å². The van der Waals surface area contributed by atoms with Gasteiger partial charge in [0, 0.05) is 76.1 Å². The smallest absolute Gasteiger partial charge is 0.319 e. The summed E-state index contributed by atoms with van der Waals surface area (Å²) in [5.74, 6) is 0. The lowest BCUT2D eigenvalue weighted by Gasteiger charge is -2.40. The number of urea groups is 1. The molecule has 2 amide bonds. The SMILES string of the molecule is CN(C)C(=O)N1CCN([C@@H](CCCC#N)Cn2cc(-c3ncnc4[nH]ccc34)cn2)CC1. The number of hydrogen-bond acceptors (Lipinski definition) is 6. The van der Waals surface area contributed by atoms with E-state index >= 15 is 0 Å². The van der Waals surface area contributed by atoms with Crippen molar-refractivity contribution >= 4 is 17.1 Å². The minimum absolute atomic E-state index is 0.0586. The Morgan fingerprint density at radius 1 is 1.28 bits per heavy atom. The molecule has 3 aromatic heterocycles. The van der Waals surface area contributed by atoms with E-state index in [1.54, 1.807) is 25.3 Å². The number of unbranched alkanes of at least 4 members (excludes halogenated alkanes) is 1. The Balaban J connectivity index is 1.46. The van der Waals surface area contributed by atoms with Gasteiger partial charge in [-0.3, -0.25) is 9.58 Å². The molecule has 0 aromatic carbocycles. The summed E-state index contributed by atoms with van der Waals surface area (Å²) >= 11 is 0. The van der Waals surface area contributed by atoms with Gasteiger partial charge in [0.2, 0.25) is 0 Å². The van der Waals surface area contributed by atoms with Crippen LogP contribution < -0.4 is 0 Å². The molecule has 4 heterocycles. The van der Waals surface area contributed by atoms with Gasteiger partial charge in [-0.2, -0.15) is 10.4 Å². The number of fused-ring (bicyclic) bond motifs is 1. The Bertz CT molecular complexity index is 1090. The molecule has 1 aliphatic heterocycles. The molecule has 168 valence electrons. The van der Waals surface area contributed by atoms with Gasteiger partial charge in [-0.1, -0.05) is 0 Å². The van der Waals surface area contributed by atoms with Crippen molar-refractivity contribution in [2.75, 3.05) is 40.3 Å². The van der Waals surface area contributed by atoms with Crippen molar-refractivity contribution in [1.29, 1.82) is 5.26 Å². The van der Waals surface area contributed by atoms with Gasteiger partial charge in [0.05, 0.1) is 24.5 Å². The second-order valence-electron chi connectivity index (χ2n) is 8.32. The highest BCUT2D eigenvalue weighted by atomic mass is 16.2. The summed E-state index contributed by atoms with van der Waals surface area (Å²) in [6.45, 7) is 3.79. The summed E-state index contributed by atoms with van der Waals surface area (Å²) < 4.78 is 1.96. The number of nitrogens with one attached hydrogen (secondary N) is 1. The lowest BCUT2D eigenvalue weighted by atomic mass is 10.1. The standard InChI is InChI=1S/C22H29N9O/c1-28(2)22(32)30-11-9-29(10-12-30)18(5-3-4-7-23)15-31-14-17(13-27-31)20-19-6-8-24-21(19)26-16-25-20/h6,8,13-14,16,18H,3-5,9-12,15H2,1-2H3,(H,24,25,26)/t18-/m0/s1. The van der Waals surface area contributed by atoms with E-state index < -0.39 is 0 Å². The number of amides is 2. The second kappa shape index (κ2) is 9.78. The molecule has 1 fully saturated rings. The molecule has 0 aliphatic carbocycles. The predicted octanol–water partition coefficient (Wildman–Crippen LogP) is 2.18. The fraction of sp³-hybridized carbons (Fsp3) is 0.500. The summed E-state index contributed by atoms with van der Waals surface area (Å²) in [6, 6.07) is 4.53. The van der Waals surface area contributed by atoms with Crippen molar-refractivity contribution in [1.82, 2.24) is 39.4 Å². The van der Waals surface area contributed by atoms with Crippen molar-refractivity contribution in [2.45, 2.75) is 31.8 Å². The maximum Gasteiger partial charge on any atom is 0.319 e. The van der Waals surface area contributed by atoms with Crippen LogP contribution in [0.1, 0.15) is 19.3 Å². The highest BCUT2D eigenvalue weighted by Crippen LogP contribution is 2.24. The number of H-pyrrole nitrogens is 1. The number of aromatic nitrogens is 5. The van der Waals surface area contributed by atoms with E-state index in [1.807, 2.05) is 34.2 Å². The third kappa shape index (κ3) is 4.73. The van der Waals surface area contributed by atoms with Crippen LogP contribution in [0.3, 0.4) is 0 Å². The maximum absolute atomic E-state index is 12.3. The van der Waals surface area contributed by atoms with Gasteiger partial charge in [-0.05, 0) is 18.9 Å². The number of rotatable bonds is 7.